The summed E-state index contributed by atoms with van der Waals surface area (Å²) in [5.74, 6) is -1.26. The van der Waals surface area contributed by atoms with E-state index in [1.165, 1.54) is 18.2 Å². The lowest BCUT2D eigenvalue weighted by Gasteiger charge is -2.19. The molecule has 0 aromatic heterocycles. The van der Waals surface area contributed by atoms with E-state index in [0.717, 1.165) is 4.90 Å². The van der Waals surface area contributed by atoms with Crippen LogP contribution in [0.5, 0.6) is 0 Å². The Morgan fingerprint density at radius 3 is 2.68 bits per heavy atom. The Morgan fingerprint density at radius 2 is 2.12 bits per heavy atom. The smallest absolute Gasteiger partial charge is 0.326 e. The van der Waals surface area contributed by atoms with Crippen molar-refractivity contribution in [1.82, 2.24) is 10.2 Å². The summed E-state index contributed by atoms with van der Waals surface area (Å²) in [5, 5.41) is 13.3. The first-order valence-electron chi connectivity index (χ1n) is 7.76. The van der Waals surface area contributed by atoms with Crippen molar-refractivity contribution in [2.75, 3.05) is 6.54 Å². The van der Waals surface area contributed by atoms with Crippen molar-refractivity contribution in [3.05, 3.63) is 39.9 Å². The molecule has 1 saturated heterocycles. The Bertz CT molecular complexity index is 734. The largest absolute Gasteiger partial charge is 0.456 e. The van der Waals surface area contributed by atoms with Crippen LogP contribution in [0.15, 0.2) is 24.3 Å². The standard InChI is InChI=1S/C16H19N3O6/c1-4-16(3)14(21)18(15(22)17-16)9-13(20)25-10(2)11-6-5-7-12(8-11)19(23)24/h5-8,10H,4,9H2,1-3H3,(H,17,22)/t10-,16-/m0/s1. The first-order valence-corrected chi connectivity index (χ1v) is 7.76. The van der Waals surface area contributed by atoms with Crippen LogP contribution in [-0.4, -0.2) is 39.8 Å². The molecule has 0 spiro atoms. The zero-order chi connectivity index (χ0) is 18.8. The van der Waals surface area contributed by atoms with Gasteiger partial charge < -0.3 is 10.1 Å². The van der Waals surface area contributed by atoms with Crippen LogP contribution in [0.1, 0.15) is 38.9 Å². The first-order chi connectivity index (χ1) is 11.7. The summed E-state index contributed by atoms with van der Waals surface area (Å²) in [6.45, 7) is 4.38. The number of nitro groups is 1. The van der Waals surface area contributed by atoms with Gasteiger partial charge >= 0.3 is 12.0 Å². The maximum absolute atomic E-state index is 12.2. The molecule has 2 atom stereocenters. The number of urea groups is 1. The molecule has 0 unspecified atom stereocenters. The first kappa shape index (κ1) is 18.4. The Morgan fingerprint density at radius 1 is 1.44 bits per heavy atom. The van der Waals surface area contributed by atoms with Crippen LogP contribution in [0, 0.1) is 10.1 Å². The number of amides is 3. The van der Waals surface area contributed by atoms with E-state index in [1.54, 1.807) is 26.8 Å². The summed E-state index contributed by atoms with van der Waals surface area (Å²) in [6, 6.07) is 5.07. The zero-order valence-electron chi connectivity index (χ0n) is 14.1. The van der Waals surface area contributed by atoms with Crippen LogP contribution >= 0.6 is 0 Å². The van der Waals surface area contributed by atoms with Crippen LogP contribution in [0.4, 0.5) is 10.5 Å². The van der Waals surface area contributed by atoms with Gasteiger partial charge in [0.25, 0.3) is 11.6 Å². The molecule has 3 amide bonds. The summed E-state index contributed by atoms with van der Waals surface area (Å²) in [4.78, 5) is 47.2. The Balaban J connectivity index is 2.03. The number of nitrogens with one attached hydrogen (secondary N) is 1. The van der Waals surface area contributed by atoms with E-state index in [4.69, 9.17) is 4.74 Å². The van der Waals surface area contributed by atoms with Crippen LogP contribution in [0.2, 0.25) is 0 Å². The zero-order valence-corrected chi connectivity index (χ0v) is 14.1. The molecule has 0 radical (unpaired) electrons. The van der Waals surface area contributed by atoms with E-state index in [1.807, 2.05) is 0 Å². The van der Waals surface area contributed by atoms with Crippen LogP contribution in [0.3, 0.4) is 0 Å². The molecule has 9 heteroatoms. The van der Waals surface area contributed by atoms with Gasteiger partial charge in [-0.2, -0.15) is 0 Å². The lowest BCUT2D eigenvalue weighted by molar-refractivity contribution is -0.385. The SMILES string of the molecule is CC[C@]1(C)NC(=O)N(CC(=O)O[C@@H](C)c2cccc([N+](=O)[O-])c2)C1=O. The molecular formula is C16H19N3O6. The second kappa shape index (κ2) is 6.88. The third-order valence-electron chi connectivity index (χ3n) is 4.20. The highest BCUT2D eigenvalue weighted by Crippen LogP contribution is 2.23. The summed E-state index contributed by atoms with van der Waals surface area (Å²) >= 11 is 0. The molecule has 2 rings (SSSR count). The molecule has 1 aliphatic heterocycles. The monoisotopic (exact) mass is 349 g/mol. The molecular weight excluding hydrogens is 330 g/mol. The molecule has 134 valence electrons. The third-order valence-corrected chi connectivity index (χ3v) is 4.20. The number of hydrogen-bond acceptors (Lipinski definition) is 6. The summed E-state index contributed by atoms with van der Waals surface area (Å²) in [7, 11) is 0. The van der Waals surface area contributed by atoms with Crippen molar-refractivity contribution < 1.29 is 24.0 Å². The highest BCUT2D eigenvalue weighted by molar-refractivity contribution is 6.08. The molecule has 1 fully saturated rings. The predicted molar refractivity (Wildman–Crippen MR) is 86.5 cm³/mol. The van der Waals surface area contributed by atoms with Crippen LogP contribution in [-0.2, 0) is 14.3 Å². The highest BCUT2D eigenvalue weighted by Gasteiger charge is 2.47. The number of esters is 1. The Labute approximate surface area is 144 Å². The number of non-ortho nitro benzene ring substituents is 1. The minimum atomic E-state index is -1.02. The van der Waals surface area contributed by atoms with Gasteiger partial charge in [-0.05, 0) is 25.8 Å². The molecule has 1 aromatic carbocycles. The summed E-state index contributed by atoms with van der Waals surface area (Å²) < 4.78 is 5.20. The minimum Gasteiger partial charge on any atom is -0.456 e. The molecule has 1 aromatic rings. The van der Waals surface area contributed by atoms with E-state index in [9.17, 15) is 24.5 Å². The fourth-order valence-corrected chi connectivity index (χ4v) is 2.45. The maximum atomic E-state index is 12.2. The van der Waals surface area contributed by atoms with Gasteiger partial charge in [-0.15, -0.1) is 0 Å². The quantitative estimate of drug-likeness (QED) is 0.363. The summed E-state index contributed by atoms with van der Waals surface area (Å²) in [6.07, 6.45) is -0.363. The van der Waals surface area contributed by atoms with Gasteiger partial charge in [0.2, 0.25) is 0 Å². The lowest BCUT2D eigenvalue weighted by atomic mass is 9.99. The van der Waals surface area contributed by atoms with Crippen molar-refractivity contribution in [2.24, 2.45) is 0 Å². The van der Waals surface area contributed by atoms with Gasteiger partial charge in [-0.3, -0.25) is 24.6 Å². The van der Waals surface area contributed by atoms with E-state index < -0.39 is 41.0 Å². The molecule has 0 aliphatic carbocycles. The van der Waals surface area contributed by atoms with Crippen molar-refractivity contribution in [3.63, 3.8) is 0 Å². The van der Waals surface area contributed by atoms with Gasteiger partial charge in [0.15, 0.2) is 0 Å². The lowest BCUT2D eigenvalue weighted by Crippen LogP contribution is -2.43. The number of ether oxygens (including phenoxy) is 1. The average molecular weight is 349 g/mol. The van der Waals surface area contributed by atoms with Gasteiger partial charge in [0.1, 0.15) is 18.2 Å². The number of nitro benzene ring substituents is 1. The van der Waals surface area contributed by atoms with Gasteiger partial charge in [0, 0.05) is 12.1 Å². The van der Waals surface area contributed by atoms with Crippen molar-refractivity contribution in [3.8, 4) is 0 Å². The number of carbonyl (C=O) groups is 3. The second-order valence-corrected chi connectivity index (χ2v) is 5.99. The number of rotatable bonds is 6. The van der Waals surface area contributed by atoms with E-state index >= 15 is 0 Å². The van der Waals surface area contributed by atoms with E-state index in [0.29, 0.717) is 12.0 Å². The van der Waals surface area contributed by atoms with E-state index in [-0.39, 0.29) is 5.69 Å². The van der Waals surface area contributed by atoms with Gasteiger partial charge in [-0.1, -0.05) is 19.1 Å². The molecule has 1 heterocycles. The number of nitrogens with zero attached hydrogens (tertiary/aromatic N) is 2. The predicted octanol–water partition coefficient (Wildman–Crippen LogP) is 1.92. The fourth-order valence-electron chi connectivity index (χ4n) is 2.45. The van der Waals surface area contributed by atoms with Gasteiger partial charge in [-0.25, -0.2) is 4.79 Å². The molecule has 1 N–H and O–H groups in total. The Hall–Kier alpha value is -2.97. The van der Waals surface area contributed by atoms with Crippen molar-refractivity contribution in [1.29, 1.82) is 0 Å². The normalized spacial score (nSPS) is 21.0. The highest BCUT2D eigenvalue weighted by atomic mass is 16.6. The Kier molecular flexibility index (Phi) is 5.05. The van der Waals surface area contributed by atoms with Gasteiger partial charge in [0.05, 0.1) is 4.92 Å². The number of carbonyl (C=O) groups excluding carboxylic acids is 3. The minimum absolute atomic E-state index is 0.117. The van der Waals surface area contributed by atoms with E-state index in [2.05, 4.69) is 5.32 Å². The van der Waals surface area contributed by atoms with Crippen molar-refractivity contribution in [2.45, 2.75) is 38.8 Å². The number of benzene rings is 1. The topological polar surface area (TPSA) is 119 Å². The number of imide groups is 1. The van der Waals surface area contributed by atoms with Crippen molar-refractivity contribution >= 4 is 23.6 Å². The third kappa shape index (κ3) is 3.76. The molecule has 1 aliphatic rings. The maximum Gasteiger partial charge on any atom is 0.326 e. The summed E-state index contributed by atoms with van der Waals surface area (Å²) in [5.41, 5.74) is -0.699. The molecule has 9 nitrogen and oxygen atoms in total. The fraction of sp³-hybridized carbons (Fsp3) is 0.438. The molecule has 0 bridgehead atoms. The molecule has 0 saturated carbocycles. The number of hydrogen-bond donors (Lipinski definition) is 1. The second-order valence-electron chi connectivity index (χ2n) is 5.99. The molecule has 25 heavy (non-hydrogen) atoms. The van der Waals surface area contributed by atoms with Crippen LogP contribution < -0.4 is 5.32 Å². The van der Waals surface area contributed by atoms with Crippen LogP contribution in [0.25, 0.3) is 0 Å². The average Bonchev–Trinajstić information content (AvgIpc) is 2.78.